The summed E-state index contributed by atoms with van der Waals surface area (Å²) in [5, 5.41) is 10.4. The van der Waals surface area contributed by atoms with E-state index in [0.29, 0.717) is 5.56 Å². The van der Waals surface area contributed by atoms with Gasteiger partial charge in [-0.3, -0.25) is 0 Å². The lowest BCUT2D eigenvalue weighted by atomic mass is 9.91. The molecule has 1 heterocycles. The normalized spacial score (nSPS) is 27.4. The van der Waals surface area contributed by atoms with Crippen molar-refractivity contribution in [2.24, 2.45) is 0 Å². The van der Waals surface area contributed by atoms with Gasteiger partial charge in [-0.1, -0.05) is 18.2 Å². The lowest BCUT2D eigenvalue weighted by Crippen LogP contribution is -2.38. The van der Waals surface area contributed by atoms with Crippen molar-refractivity contribution < 1.29 is 18.3 Å². The van der Waals surface area contributed by atoms with Crippen molar-refractivity contribution >= 4 is 9.84 Å². The molecule has 2 rings (SSSR count). The summed E-state index contributed by atoms with van der Waals surface area (Å²) < 4.78 is 28.6. The van der Waals surface area contributed by atoms with Crippen LogP contribution in [0.5, 0.6) is 0 Å². The third-order valence-electron chi connectivity index (χ3n) is 2.89. The Morgan fingerprint density at radius 1 is 1.44 bits per heavy atom. The average molecular weight is 242 g/mol. The van der Waals surface area contributed by atoms with Gasteiger partial charge in [0, 0.05) is 12.7 Å². The van der Waals surface area contributed by atoms with E-state index in [2.05, 4.69) is 0 Å². The number of rotatable bonds is 2. The first-order valence-corrected chi connectivity index (χ1v) is 6.68. The van der Waals surface area contributed by atoms with Crippen molar-refractivity contribution in [2.75, 3.05) is 19.5 Å². The zero-order chi connectivity index (χ0) is 11.8. The van der Waals surface area contributed by atoms with Gasteiger partial charge in [0.2, 0.25) is 0 Å². The monoisotopic (exact) mass is 242 g/mol. The molecule has 0 amide bonds. The van der Waals surface area contributed by atoms with Crippen LogP contribution >= 0.6 is 0 Å². The lowest BCUT2D eigenvalue weighted by molar-refractivity contribution is -0.0416. The second kappa shape index (κ2) is 3.84. The van der Waals surface area contributed by atoms with Crippen molar-refractivity contribution in [1.29, 1.82) is 0 Å². The van der Waals surface area contributed by atoms with Crippen LogP contribution in [0.1, 0.15) is 12.0 Å². The van der Waals surface area contributed by atoms with E-state index >= 15 is 0 Å². The Kier molecular flexibility index (Phi) is 2.77. The Morgan fingerprint density at radius 2 is 2.12 bits per heavy atom. The van der Waals surface area contributed by atoms with Crippen molar-refractivity contribution in [2.45, 2.75) is 16.9 Å². The number of ether oxygens (including phenoxy) is 1. The predicted octanol–water partition coefficient (Wildman–Crippen LogP) is 0.698. The van der Waals surface area contributed by atoms with E-state index in [0.717, 1.165) is 0 Å². The summed E-state index contributed by atoms with van der Waals surface area (Å²) in [6.07, 6.45) is 0.181. The highest BCUT2D eigenvalue weighted by atomic mass is 32.2. The Balaban J connectivity index is 2.60. The molecule has 1 atom stereocenters. The summed E-state index contributed by atoms with van der Waals surface area (Å²) in [6, 6.07) is 6.56. The van der Waals surface area contributed by atoms with Crippen molar-refractivity contribution in [3.05, 3.63) is 29.8 Å². The first-order valence-electron chi connectivity index (χ1n) is 5.03. The van der Waals surface area contributed by atoms with Crippen LogP contribution < -0.4 is 0 Å². The summed E-state index contributed by atoms with van der Waals surface area (Å²) in [6.45, 7) is 0.111. The molecule has 0 spiro atoms. The molecule has 1 aromatic rings. The number of aliphatic hydroxyl groups is 1. The van der Waals surface area contributed by atoms with E-state index in [4.69, 9.17) is 4.74 Å². The third-order valence-corrected chi connectivity index (χ3v) is 4.66. The second-order valence-electron chi connectivity index (χ2n) is 4.03. The maximum Gasteiger partial charge on any atom is 0.178 e. The first-order chi connectivity index (χ1) is 7.49. The zero-order valence-electron chi connectivity index (χ0n) is 9.01. The molecule has 0 saturated carbocycles. The summed E-state index contributed by atoms with van der Waals surface area (Å²) >= 11 is 0. The summed E-state index contributed by atoms with van der Waals surface area (Å²) in [7, 11) is -1.76. The number of hydrogen-bond acceptors (Lipinski definition) is 4. The van der Waals surface area contributed by atoms with Gasteiger partial charge in [0.15, 0.2) is 9.84 Å². The highest BCUT2D eigenvalue weighted by molar-refractivity contribution is 7.91. The molecule has 16 heavy (non-hydrogen) atoms. The number of benzene rings is 1. The molecule has 1 aliphatic rings. The maximum atomic E-state index is 11.8. The molecule has 88 valence electrons. The van der Waals surface area contributed by atoms with Crippen LogP contribution in [0.2, 0.25) is 0 Å². The predicted molar refractivity (Wildman–Crippen MR) is 58.9 cm³/mol. The van der Waals surface area contributed by atoms with Crippen LogP contribution in [0.4, 0.5) is 0 Å². The SMILES string of the molecule is COCC1(O)CCS(=O)(=O)c2ccccc21. The van der Waals surface area contributed by atoms with Crippen molar-refractivity contribution in [3.8, 4) is 0 Å². The molecule has 4 nitrogen and oxygen atoms in total. The Labute approximate surface area is 94.8 Å². The second-order valence-corrected chi connectivity index (χ2v) is 6.11. The Bertz CT molecular complexity index is 494. The van der Waals surface area contributed by atoms with Gasteiger partial charge in [0.05, 0.1) is 17.3 Å². The third kappa shape index (κ3) is 1.75. The smallest absolute Gasteiger partial charge is 0.178 e. The van der Waals surface area contributed by atoms with Crippen molar-refractivity contribution in [1.82, 2.24) is 0 Å². The molecule has 1 aliphatic heterocycles. The molecule has 1 aromatic carbocycles. The van der Waals surface area contributed by atoms with Gasteiger partial charge in [-0.05, 0) is 12.5 Å². The molecule has 5 heteroatoms. The minimum absolute atomic E-state index is 0.0378. The minimum atomic E-state index is -3.25. The molecule has 0 bridgehead atoms. The fraction of sp³-hybridized carbons (Fsp3) is 0.455. The van der Waals surface area contributed by atoms with E-state index in [1.165, 1.54) is 13.2 Å². The molecule has 0 fully saturated rings. The molecule has 0 aromatic heterocycles. The molecule has 0 aliphatic carbocycles. The van der Waals surface area contributed by atoms with E-state index < -0.39 is 15.4 Å². The number of methoxy groups -OCH3 is 1. The Hall–Kier alpha value is -0.910. The molecule has 0 radical (unpaired) electrons. The molecule has 1 unspecified atom stereocenters. The zero-order valence-corrected chi connectivity index (χ0v) is 9.83. The van der Waals surface area contributed by atoms with E-state index in [1.807, 2.05) is 0 Å². The van der Waals surface area contributed by atoms with Crippen LogP contribution in [0.25, 0.3) is 0 Å². The topological polar surface area (TPSA) is 63.6 Å². The standard InChI is InChI=1S/C11H14O4S/c1-15-8-11(12)6-7-16(13,14)10-5-3-2-4-9(10)11/h2-5,12H,6-8H2,1H3. The average Bonchev–Trinajstić information content (AvgIpc) is 2.26. The van der Waals surface area contributed by atoms with Crippen LogP contribution in [-0.2, 0) is 20.2 Å². The fourth-order valence-electron chi connectivity index (χ4n) is 2.06. The van der Waals surface area contributed by atoms with E-state index in [1.54, 1.807) is 18.2 Å². The number of fused-ring (bicyclic) bond motifs is 1. The number of sulfone groups is 1. The Morgan fingerprint density at radius 3 is 2.81 bits per heavy atom. The maximum absolute atomic E-state index is 11.8. The van der Waals surface area contributed by atoms with Crippen LogP contribution in [-0.4, -0.2) is 33.0 Å². The van der Waals surface area contributed by atoms with E-state index in [9.17, 15) is 13.5 Å². The molecule has 0 saturated heterocycles. The highest BCUT2D eigenvalue weighted by Gasteiger charge is 2.40. The summed E-state index contributed by atoms with van der Waals surface area (Å²) in [5.74, 6) is -0.0378. The van der Waals surface area contributed by atoms with Crippen LogP contribution in [0.15, 0.2) is 29.2 Å². The van der Waals surface area contributed by atoms with Gasteiger partial charge < -0.3 is 9.84 Å². The minimum Gasteiger partial charge on any atom is -0.383 e. The molecular weight excluding hydrogens is 228 g/mol. The quantitative estimate of drug-likeness (QED) is 0.829. The van der Waals surface area contributed by atoms with Gasteiger partial charge in [-0.25, -0.2) is 8.42 Å². The highest BCUT2D eigenvalue weighted by Crippen LogP contribution is 2.36. The number of hydrogen-bond donors (Lipinski definition) is 1. The van der Waals surface area contributed by atoms with E-state index in [-0.39, 0.29) is 23.7 Å². The van der Waals surface area contributed by atoms with Crippen molar-refractivity contribution in [3.63, 3.8) is 0 Å². The summed E-state index contributed by atoms with van der Waals surface area (Å²) in [4.78, 5) is 0.223. The molecular formula is C11H14O4S. The summed E-state index contributed by atoms with van der Waals surface area (Å²) in [5.41, 5.74) is -0.737. The van der Waals surface area contributed by atoms with Gasteiger partial charge >= 0.3 is 0 Å². The van der Waals surface area contributed by atoms with Gasteiger partial charge in [0.25, 0.3) is 0 Å². The van der Waals surface area contributed by atoms with Gasteiger partial charge in [-0.2, -0.15) is 0 Å². The van der Waals surface area contributed by atoms with Gasteiger partial charge in [0.1, 0.15) is 5.60 Å². The van der Waals surface area contributed by atoms with Crippen LogP contribution in [0.3, 0.4) is 0 Å². The van der Waals surface area contributed by atoms with Crippen LogP contribution in [0, 0.1) is 0 Å². The fourth-order valence-corrected chi connectivity index (χ4v) is 3.76. The molecule has 1 N–H and O–H groups in total. The van der Waals surface area contributed by atoms with Gasteiger partial charge in [-0.15, -0.1) is 0 Å². The lowest BCUT2D eigenvalue weighted by Gasteiger charge is -2.33. The first kappa shape index (κ1) is 11.6. The largest absolute Gasteiger partial charge is 0.383 e.